The highest BCUT2D eigenvalue weighted by atomic mass is 35.5. The predicted octanol–water partition coefficient (Wildman–Crippen LogP) is 3.46. The van der Waals surface area contributed by atoms with Crippen LogP contribution in [-0.4, -0.2) is 56.4 Å². The van der Waals surface area contributed by atoms with Gasteiger partial charge < -0.3 is 14.7 Å². The summed E-state index contributed by atoms with van der Waals surface area (Å²) in [6.07, 6.45) is 0. The van der Waals surface area contributed by atoms with Gasteiger partial charge in [-0.05, 0) is 31.8 Å². The van der Waals surface area contributed by atoms with Crippen molar-refractivity contribution in [3.8, 4) is 6.07 Å². The van der Waals surface area contributed by atoms with Gasteiger partial charge in [-0.3, -0.25) is 4.90 Å². The molecule has 1 fully saturated rings. The normalized spacial score (nSPS) is 15.6. The first-order valence-electron chi connectivity index (χ1n) is 8.48. The van der Waals surface area contributed by atoms with Crippen molar-refractivity contribution in [3.05, 3.63) is 50.9 Å². The lowest BCUT2D eigenvalue weighted by Crippen LogP contribution is -2.36. The molecular weight excluding hydrogens is 386 g/mol. The van der Waals surface area contributed by atoms with E-state index in [1.807, 2.05) is 36.0 Å². The predicted molar refractivity (Wildman–Crippen MR) is 106 cm³/mol. The molecule has 0 spiro atoms. The van der Waals surface area contributed by atoms with Crippen molar-refractivity contribution in [2.45, 2.75) is 6.04 Å². The third-order valence-electron chi connectivity index (χ3n) is 4.51. The van der Waals surface area contributed by atoms with Crippen LogP contribution in [0.2, 0.25) is 5.02 Å². The fourth-order valence-electron chi connectivity index (χ4n) is 3.32. The van der Waals surface area contributed by atoms with E-state index in [9.17, 15) is 15.2 Å². The van der Waals surface area contributed by atoms with Gasteiger partial charge in [-0.15, -0.1) is 11.3 Å². The molecule has 1 aromatic heterocycles. The van der Waals surface area contributed by atoms with Gasteiger partial charge in [0, 0.05) is 23.7 Å². The van der Waals surface area contributed by atoms with Crippen molar-refractivity contribution in [2.24, 2.45) is 0 Å². The Balaban J connectivity index is 2.19. The van der Waals surface area contributed by atoms with Gasteiger partial charge >= 0.3 is 5.97 Å². The fourth-order valence-corrected chi connectivity index (χ4v) is 4.62. The number of hydrogen-bond donors (Lipinski definition) is 1. The first-order valence-corrected chi connectivity index (χ1v) is 9.68. The highest BCUT2D eigenvalue weighted by Gasteiger charge is 2.33. The molecule has 1 N–H and O–H groups in total. The molecule has 1 saturated heterocycles. The van der Waals surface area contributed by atoms with Crippen molar-refractivity contribution in [1.29, 1.82) is 5.26 Å². The summed E-state index contributed by atoms with van der Waals surface area (Å²) in [6, 6.07) is 9.18. The van der Waals surface area contributed by atoms with Gasteiger partial charge in [0.15, 0.2) is 0 Å². The van der Waals surface area contributed by atoms with Gasteiger partial charge in [0.25, 0.3) is 0 Å². The van der Waals surface area contributed by atoms with Crippen molar-refractivity contribution in [3.63, 3.8) is 0 Å². The van der Waals surface area contributed by atoms with E-state index in [0.29, 0.717) is 47.5 Å². The van der Waals surface area contributed by atoms with E-state index in [4.69, 9.17) is 16.3 Å². The summed E-state index contributed by atoms with van der Waals surface area (Å²) in [4.78, 5) is 16.2. The Morgan fingerprint density at radius 1 is 1.33 bits per heavy atom. The summed E-state index contributed by atoms with van der Waals surface area (Å²) in [7, 11) is 3.75. The highest BCUT2D eigenvalue weighted by Crippen LogP contribution is 2.43. The van der Waals surface area contributed by atoms with Crippen LogP contribution >= 0.6 is 22.9 Å². The van der Waals surface area contributed by atoms with E-state index >= 15 is 0 Å². The maximum atomic E-state index is 12.0. The average Bonchev–Trinajstić information content (AvgIpc) is 3.03. The largest absolute Gasteiger partial charge is 0.477 e. The Kier molecular flexibility index (Phi) is 6.02. The minimum atomic E-state index is -1.02. The molecule has 0 radical (unpaired) electrons. The van der Waals surface area contributed by atoms with Gasteiger partial charge in [0.1, 0.15) is 15.9 Å². The maximum Gasteiger partial charge on any atom is 0.346 e. The van der Waals surface area contributed by atoms with Crippen LogP contribution in [0.15, 0.2) is 24.3 Å². The zero-order valence-corrected chi connectivity index (χ0v) is 16.7. The summed E-state index contributed by atoms with van der Waals surface area (Å²) < 4.78 is 5.39. The molecule has 0 amide bonds. The van der Waals surface area contributed by atoms with E-state index in [-0.39, 0.29) is 10.9 Å². The number of nitrogens with zero attached hydrogens (tertiary/aromatic N) is 3. The number of hydrogen-bond acceptors (Lipinski definition) is 6. The topological polar surface area (TPSA) is 76.8 Å². The van der Waals surface area contributed by atoms with Crippen LogP contribution in [-0.2, 0) is 4.74 Å². The van der Waals surface area contributed by atoms with Gasteiger partial charge in [0.05, 0.1) is 24.8 Å². The number of carbonyl (C=O) groups is 1. The number of nitriles is 1. The number of carboxylic acids is 1. The van der Waals surface area contributed by atoms with E-state index in [0.717, 1.165) is 16.9 Å². The molecular formula is C19H20ClN3O3S. The second-order valence-corrected chi connectivity index (χ2v) is 7.89. The maximum absolute atomic E-state index is 12.0. The standard InChI is InChI=1S/C19H20ClN3O3S/c1-22(2)16(12-3-5-13(20)6-4-12)15-14(11-21)18(27-17(15)19(24)25)23-7-9-26-10-8-23/h3-6,16H,7-10H2,1-2H3,(H,24,25). The Hall–Kier alpha value is -2.11. The lowest BCUT2D eigenvalue weighted by molar-refractivity contribution is 0.0699. The SMILES string of the molecule is CN(C)C(c1ccc(Cl)cc1)c1c(C(=O)O)sc(N2CCOCC2)c1C#N. The summed E-state index contributed by atoms with van der Waals surface area (Å²) in [5, 5.41) is 21.1. The van der Waals surface area contributed by atoms with Gasteiger partial charge in [0.2, 0.25) is 0 Å². The molecule has 1 atom stereocenters. The average molecular weight is 406 g/mol. The number of rotatable bonds is 5. The molecule has 1 aliphatic heterocycles. The van der Waals surface area contributed by atoms with Crippen LogP contribution < -0.4 is 4.90 Å². The summed E-state index contributed by atoms with van der Waals surface area (Å²) in [5.41, 5.74) is 1.84. The Labute approximate surface area is 167 Å². The number of thiophene rings is 1. The summed E-state index contributed by atoms with van der Waals surface area (Å²) >= 11 is 7.18. The third kappa shape index (κ3) is 3.94. The smallest absolute Gasteiger partial charge is 0.346 e. The Morgan fingerprint density at radius 3 is 2.48 bits per heavy atom. The Morgan fingerprint density at radius 2 is 1.96 bits per heavy atom. The molecule has 1 aliphatic rings. The highest BCUT2D eigenvalue weighted by molar-refractivity contribution is 7.18. The number of carboxylic acid groups (broad SMARTS) is 1. The monoisotopic (exact) mass is 405 g/mol. The molecule has 0 bridgehead atoms. The molecule has 27 heavy (non-hydrogen) atoms. The van der Waals surface area contributed by atoms with E-state index in [1.54, 1.807) is 12.1 Å². The molecule has 0 saturated carbocycles. The second kappa shape index (κ2) is 8.28. The first kappa shape index (κ1) is 19.6. The third-order valence-corrected chi connectivity index (χ3v) is 6.01. The number of halogens is 1. The molecule has 2 aromatic rings. The van der Waals surface area contributed by atoms with Gasteiger partial charge in [-0.25, -0.2) is 4.79 Å². The van der Waals surface area contributed by atoms with Crippen molar-refractivity contribution < 1.29 is 14.6 Å². The quantitative estimate of drug-likeness (QED) is 0.820. The second-order valence-electron chi connectivity index (χ2n) is 6.46. The molecule has 3 rings (SSSR count). The van der Waals surface area contributed by atoms with Crippen LogP contribution in [0, 0.1) is 11.3 Å². The van der Waals surface area contributed by atoms with E-state index < -0.39 is 5.97 Å². The van der Waals surface area contributed by atoms with Crippen LogP contribution in [0.5, 0.6) is 0 Å². The number of aromatic carboxylic acids is 1. The van der Waals surface area contributed by atoms with Crippen molar-refractivity contribution in [1.82, 2.24) is 4.90 Å². The van der Waals surface area contributed by atoms with Crippen LogP contribution in [0.25, 0.3) is 0 Å². The fraction of sp³-hybridized carbons (Fsp3) is 0.368. The molecule has 6 nitrogen and oxygen atoms in total. The molecule has 0 aliphatic carbocycles. The minimum absolute atomic E-state index is 0.196. The molecule has 1 aromatic carbocycles. The number of ether oxygens (including phenoxy) is 1. The lowest BCUT2D eigenvalue weighted by Gasteiger charge is -2.28. The van der Waals surface area contributed by atoms with Crippen LogP contribution in [0.1, 0.15) is 32.4 Å². The zero-order valence-electron chi connectivity index (χ0n) is 15.1. The molecule has 1 unspecified atom stereocenters. The van der Waals surface area contributed by atoms with Crippen LogP contribution in [0.4, 0.5) is 5.00 Å². The number of benzene rings is 1. The minimum Gasteiger partial charge on any atom is -0.477 e. The number of morpholine rings is 1. The molecule has 2 heterocycles. The van der Waals surface area contributed by atoms with E-state index in [2.05, 4.69) is 6.07 Å². The van der Waals surface area contributed by atoms with Gasteiger partial charge in [-0.2, -0.15) is 5.26 Å². The first-order chi connectivity index (χ1) is 12.9. The molecule has 8 heteroatoms. The summed E-state index contributed by atoms with van der Waals surface area (Å²) in [6.45, 7) is 2.41. The van der Waals surface area contributed by atoms with Crippen LogP contribution in [0.3, 0.4) is 0 Å². The van der Waals surface area contributed by atoms with Crippen molar-refractivity contribution in [2.75, 3.05) is 45.3 Å². The van der Waals surface area contributed by atoms with Gasteiger partial charge in [-0.1, -0.05) is 23.7 Å². The summed E-state index contributed by atoms with van der Waals surface area (Å²) in [5.74, 6) is -1.02. The lowest BCUT2D eigenvalue weighted by atomic mass is 9.94. The Bertz CT molecular complexity index is 868. The van der Waals surface area contributed by atoms with E-state index in [1.165, 1.54) is 0 Å². The zero-order chi connectivity index (χ0) is 19.6. The van der Waals surface area contributed by atoms with Crippen molar-refractivity contribution >= 4 is 33.9 Å². The molecule has 142 valence electrons. The number of anilines is 1.